The minimum absolute atomic E-state index is 0.0560. The molecule has 2 aromatic carbocycles. The lowest BCUT2D eigenvalue weighted by molar-refractivity contribution is -0.121. The number of hydrogen-bond donors (Lipinski definition) is 1. The van der Waals surface area contributed by atoms with Crippen molar-refractivity contribution in [1.82, 2.24) is 4.90 Å². The molecule has 1 fully saturated rings. The molecule has 1 N–H and O–H groups in total. The zero-order valence-electron chi connectivity index (χ0n) is 14.6. The minimum Gasteiger partial charge on any atom is -0.495 e. The van der Waals surface area contributed by atoms with Gasteiger partial charge in [0.15, 0.2) is 0 Å². The number of morpholine rings is 1. The number of nitrogens with zero attached hydrogens (tertiary/aromatic N) is 1. The van der Waals surface area contributed by atoms with Crippen LogP contribution in [0.5, 0.6) is 5.75 Å². The summed E-state index contributed by atoms with van der Waals surface area (Å²) in [5.41, 5.74) is 1.85. The zero-order chi connectivity index (χ0) is 17.6. The van der Waals surface area contributed by atoms with Crippen molar-refractivity contribution in [2.24, 2.45) is 0 Å². The van der Waals surface area contributed by atoms with Crippen LogP contribution >= 0.6 is 0 Å². The van der Waals surface area contributed by atoms with E-state index in [0.29, 0.717) is 24.6 Å². The summed E-state index contributed by atoms with van der Waals surface area (Å²) in [6.07, 6.45) is 0.110. The second kappa shape index (κ2) is 8.14. The van der Waals surface area contributed by atoms with Crippen LogP contribution < -0.4 is 10.1 Å². The monoisotopic (exact) mass is 340 g/mol. The standard InChI is InChI=1S/C20H24N2O3/c1-15-12-22(18(14-25-15)16-8-4-3-5-9-16)13-20(23)21-17-10-6-7-11-19(17)24-2/h3-11,15,18H,12-14H2,1-2H3,(H,21,23). The summed E-state index contributed by atoms with van der Waals surface area (Å²) in [6.45, 7) is 3.66. The highest BCUT2D eigenvalue weighted by Gasteiger charge is 2.29. The number of benzene rings is 2. The molecule has 5 heteroatoms. The van der Waals surface area contributed by atoms with E-state index in [-0.39, 0.29) is 18.1 Å². The summed E-state index contributed by atoms with van der Waals surface area (Å²) in [4.78, 5) is 14.8. The van der Waals surface area contributed by atoms with Crippen molar-refractivity contribution in [2.75, 3.05) is 32.1 Å². The highest BCUT2D eigenvalue weighted by Crippen LogP contribution is 2.27. The quantitative estimate of drug-likeness (QED) is 0.909. The Bertz CT molecular complexity index is 705. The SMILES string of the molecule is COc1ccccc1NC(=O)CN1CC(C)OCC1c1ccccc1. The predicted octanol–water partition coefficient (Wildman–Crippen LogP) is 3.10. The third-order valence-corrected chi connectivity index (χ3v) is 4.38. The van der Waals surface area contributed by atoms with Crippen LogP contribution in [-0.4, -0.2) is 43.7 Å². The number of nitrogens with one attached hydrogen (secondary N) is 1. The van der Waals surface area contributed by atoms with Gasteiger partial charge in [-0.2, -0.15) is 0 Å². The molecule has 5 nitrogen and oxygen atoms in total. The third-order valence-electron chi connectivity index (χ3n) is 4.38. The third kappa shape index (κ3) is 4.38. The van der Waals surface area contributed by atoms with E-state index in [4.69, 9.17) is 9.47 Å². The number of hydrogen-bond acceptors (Lipinski definition) is 4. The molecule has 0 spiro atoms. The first-order valence-corrected chi connectivity index (χ1v) is 8.51. The number of carbonyl (C=O) groups is 1. The molecule has 1 saturated heterocycles. The van der Waals surface area contributed by atoms with Gasteiger partial charge in [0, 0.05) is 6.54 Å². The van der Waals surface area contributed by atoms with E-state index in [1.807, 2.05) is 49.4 Å². The Morgan fingerprint density at radius 2 is 1.92 bits per heavy atom. The number of methoxy groups -OCH3 is 1. The summed E-state index contributed by atoms with van der Waals surface area (Å²) < 4.78 is 11.1. The largest absolute Gasteiger partial charge is 0.495 e. The molecule has 0 radical (unpaired) electrons. The van der Waals surface area contributed by atoms with Crippen LogP contribution in [-0.2, 0) is 9.53 Å². The van der Waals surface area contributed by atoms with E-state index in [1.54, 1.807) is 7.11 Å². The maximum absolute atomic E-state index is 12.6. The number of ether oxygens (including phenoxy) is 2. The van der Waals surface area contributed by atoms with Crippen molar-refractivity contribution in [2.45, 2.75) is 19.1 Å². The molecule has 2 unspecified atom stereocenters. The van der Waals surface area contributed by atoms with Crippen molar-refractivity contribution in [3.8, 4) is 5.75 Å². The summed E-state index contributed by atoms with van der Waals surface area (Å²) >= 11 is 0. The Kier molecular flexibility index (Phi) is 5.68. The van der Waals surface area contributed by atoms with Crippen LogP contribution in [0.25, 0.3) is 0 Å². The van der Waals surface area contributed by atoms with Crippen molar-refractivity contribution >= 4 is 11.6 Å². The average Bonchev–Trinajstić information content (AvgIpc) is 2.63. The van der Waals surface area contributed by atoms with Crippen LogP contribution in [0, 0.1) is 0 Å². The van der Waals surface area contributed by atoms with Gasteiger partial charge in [0.25, 0.3) is 0 Å². The van der Waals surface area contributed by atoms with Gasteiger partial charge in [0.05, 0.1) is 38.1 Å². The predicted molar refractivity (Wildman–Crippen MR) is 97.8 cm³/mol. The van der Waals surface area contributed by atoms with Crippen molar-refractivity contribution in [1.29, 1.82) is 0 Å². The topological polar surface area (TPSA) is 50.8 Å². The Hall–Kier alpha value is -2.37. The van der Waals surface area contributed by atoms with Gasteiger partial charge < -0.3 is 14.8 Å². The van der Waals surface area contributed by atoms with Gasteiger partial charge in [0.2, 0.25) is 5.91 Å². The molecular formula is C20H24N2O3. The molecule has 1 heterocycles. The van der Waals surface area contributed by atoms with Crippen molar-refractivity contribution < 1.29 is 14.3 Å². The van der Waals surface area contributed by atoms with Gasteiger partial charge in [0.1, 0.15) is 5.75 Å². The number of rotatable bonds is 5. The smallest absolute Gasteiger partial charge is 0.238 e. The van der Waals surface area contributed by atoms with Crippen LogP contribution in [0.2, 0.25) is 0 Å². The van der Waals surface area contributed by atoms with Crippen LogP contribution in [0.1, 0.15) is 18.5 Å². The Morgan fingerprint density at radius 1 is 1.20 bits per heavy atom. The van der Waals surface area contributed by atoms with Crippen LogP contribution in [0.4, 0.5) is 5.69 Å². The van der Waals surface area contributed by atoms with Crippen molar-refractivity contribution in [3.63, 3.8) is 0 Å². The van der Waals surface area contributed by atoms with Crippen molar-refractivity contribution in [3.05, 3.63) is 60.2 Å². The average molecular weight is 340 g/mol. The summed E-state index contributed by atoms with van der Waals surface area (Å²) in [5, 5.41) is 2.95. The summed E-state index contributed by atoms with van der Waals surface area (Å²) in [5.74, 6) is 0.602. The first-order chi connectivity index (χ1) is 12.2. The molecule has 3 rings (SSSR count). The first-order valence-electron chi connectivity index (χ1n) is 8.51. The van der Waals surface area contributed by atoms with Gasteiger partial charge in [-0.05, 0) is 24.6 Å². The molecular weight excluding hydrogens is 316 g/mol. The molecule has 0 aromatic heterocycles. The Labute approximate surface area is 148 Å². The van der Waals surface area contributed by atoms with Gasteiger partial charge in [-0.15, -0.1) is 0 Å². The maximum Gasteiger partial charge on any atom is 0.238 e. The Morgan fingerprint density at radius 3 is 2.68 bits per heavy atom. The molecule has 0 aliphatic carbocycles. The highest BCUT2D eigenvalue weighted by molar-refractivity contribution is 5.93. The molecule has 1 aliphatic rings. The summed E-state index contributed by atoms with van der Waals surface area (Å²) in [6, 6.07) is 17.7. The first kappa shape index (κ1) is 17.5. The molecule has 1 amide bonds. The fourth-order valence-corrected chi connectivity index (χ4v) is 3.15. The van der Waals surface area contributed by atoms with E-state index in [2.05, 4.69) is 22.3 Å². The molecule has 25 heavy (non-hydrogen) atoms. The number of carbonyl (C=O) groups excluding carboxylic acids is 1. The van der Waals surface area contributed by atoms with E-state index in [1.165, 1.54) is 5.56 Å². The molecule has 0 saturated carbocycles. The van der Waals surface area contributed by atoms with E-state index < -0.39 is 0 Å². The molecule has 2 aromatic rings. The van der Waals surface area contributed by atoms with Gasteiger partial charge in [-0.3, -0.25) is 9.69 Å². The number of anilines is 1. The lowest BCUT2D eigenvalue weighted by Gasteiger charge is -2.38. The van der Waals surface area contributed by atoms with Gasteiger partial charge >= 0.3 is 0 Å². The lowest BCUT2D eigenvalue weighted by atomic mass is 10.0. The second-order valence-electron chi connectivity index (χ2n) is 6.25. The molecule has 132 valence electrons. The highest BCUT2D eigenvalue weighted by atomic mass is 16.5. The lowest BCUT2D eigenvalue weighted by Crippen LogP contribution is -2.46. The normalized spacial score (nSPS) is 20.9. The second-order valence-corrected chi connectivity index (χ2v) is 6.25. The van der Waals surface area contributed by atoms with Gasteiger partial charge in [-0.25, -0.2) is 0 Å². The molecule has 2 atom stereocenters. The van der Waals surface area contributed by atoms with E-state index >= 15 is 0 Å². The molecule has 1 aliphatic heterocycles. The van der Waals surface area contributed by atoms with E-state index in [9.17, 15) is 4.79 Å². The number of para-hydroxylation sites is 2. The minimum atomic E-state index is -0.0560. The fourth-order valence-electron chi connectivity index (χ4n) is 3.15. The van der Waals surface area contributed by atoms with Crippen LogP contribution in [0.15, 0.2) is 54.6 Å². The number of amides is 1. The van der Waals surface area contributed by atoms with E-state index in [0.717, 1.165) is 6.54 Å². The fraction of sp³-hybridized carbons (Fsp3) is 0.350. The maximum atomic E-state index is 12.6. The van der Waals surface area contributed by atoms with Crippen LogP contribution in [0.3, 0.4) is 0 Å². The molecule has 0 bridgehead atoms. The zero-order valence-corrected chi connectivity index (χ0v) is 14.6. The summed E-state index contributed by atoms with van der Waals surface area (Å²) in [7, 11) is 1.60. The Balaban J connectivity index is 1.71. The van der Waals surface area contributed by atoms with Gasteiger partial charge in [-0.1, -0.05) is 42.5 Å².